The molecule has 6 heteroatoms. The molecule has 0 heterocycles. The second-order valence-corrected chi connectivity index (χ2v) is 7.42. The SMILES string of the molecule is COc1ccc(CNC(=O)CC(C)=NNC(=O)Cc2ccc(-c3ccccc3)cc2)cc1. The van der Waals surface area contributed by atoms with Gasteiger partial charge in [-0.1, -0.05) is 66.7 Å². The molecule has 3 rings (SSSR count). The quantitative estimate of drug-likeness (QED) is 0.397. The third kappa shape index (κ3) is 7.09. The molecule has 0 aliphatic heterocycles. The van der Waals surface area contributed by atoms with Crippen LogP contribution >= 0.6 is 0 Å². The summed E-state index contributed by atoms with van der Waals surface area (Å²) in [5.74, 6) is 0.384. The zero-order chi connectivity index (χ0) is 22.8. The smallest absolute Gasteiger partial charge is 0.244 e. The lowest BCUT2D eigenvalue weighted by atomic mass is 10.0. The van der Waals surface area contributed by atoms with Crippen LogP contribution in [0.4, 0.5) is 0 Å². The fourth-order valence-corrected chi connectivity index (χ4v) is 3.11. The Balaban J connectivity index is 1.42. The van der Waals surface area contributed by atoms with Gasteiger partial charge in [0.2, 0.25) is 11.8 Å². The molecule has 164 valence electrons. The van der Waals surface area contributed by atoms with Crippen molar-refractivity contribution in [3.8, 4) is 16.9 Å². The second kappa shape index (κ2) is 11.5. The summed E-state index contributed by atoms with van der Waals surface area (Å²) < 4.78 is 5.12. The van der Waals surface area contributed by atoms with Gasteiger partial charge in [-0.15, -0.1) is 0 Å². The van der Waals surface area contributed by atoms with E-state index in [1.807, 2.05) is 78.9 Å². The highest BCUT2D eigenvalue weighted by molar-refractivity contribution is 6.00. The van der Waals surface area contributed by atoms with Crippen LogP contribution in [0.1, 0.15) is 24.5 Å². The monoisotopic (exact) mass is 429 g/mol. The molecular formula is C26H27N3O3. The van der Waals surface area contributed by atoms with E-state index < -0.39 is 0 Å². The Hall–Kier alpha value is -3.93. The molecule has 0 bridgehead atoms. The Bertz CT molecular complexity index is 1060. The summed E-state index contributed by atoms with van der Waals surface area (Å²) in [6, 6.07) is 25.4. The number of benzene rings is 3. The van der Waals surface area contributed by atoms with E-state index in [4.69, 9.17) is 4.74 Å². The minimum absolute atomic E-state index is 0.113. The number of hydrogen-bond acceptors (Lipinski definition) is 4. The number of hydrazone groups is 1. The molecule has 2 N–H and O–H groups in total. The maximum absolute atomic E-state index is 12.2. The third-order valence-corrected chi connectivity index (χ3v) is 4.86. The van der Waals surface area contributed by atoms with Gasteiger partial charge in [-0.05, 0) is 41.3 Å². The van der Waals surface area contributed by atoms with Crippen LogP contribution in [0.25, 0.3) is 11.1 Å². The van der Waals surface area contributed by atoms with Crippen LogP contribution in [-0.2, 0) is 22.6 Å². The molecule has 0 spiro atoms. The maximum atomic E-state index is 12.2. The number of methoxy groups -OCH3 is 1. The first-order valence-corrected chi connectivity index (χ1v) is 10.4. The summed E-state index contributed by atoms with van der Waals surface area (Å²) in [5, 5.41) is 6.88. The highest BCUT2D eigenvalue weighted by Crippen LogP contribution is 2.19. The summed E-state index contributed by atoms with van der Waals surface area (Å²) in [6.07, 6.45) is 0.331. The molecule has 0 atom stereocenters. The van der Waals surface area contributed by atoms with Crippen molar-refractivity contribution in [3.05, 3.63) is 90.0 Å². The second-order valence-electron chi connectivity index (χ2n) is 7.42. The number of rotatable bonds is 9. The molecule has 0 aliphatic rings. The van der Waals surface area contributed by atoms with E-state index in [2.05, 4.69) is 15.8 Å². The number of carbonyl (C=O) groups is 2. The van der Waals surface area contributed by atoms with Gasteiger partial charge in [0.1, 0.15) is 5.75 Å². The van der Waals surface area contributed by atoms with Gasteiger partial charge < -0.3 is 10.1 Å². The van der Waals surface area contributed by atoms with E-state index in [1.165, 1.54) is 0 Å². The van der Waals surface area contributed by atoms with Crippen molar-refractivity contribution in [2.24, 2.45) is 5.10 Å². The molecule has 0 aromatic heterocycles. The lowest BCUT2D eigenvalue weighted by molar-refractivity contribution is -0.121. The van der Waals surface area contributed by atoms with Gasteiger partial charge in [0, 0.05) is 12.3 Å². The average Bonchev–Trinajstić information content (AvgIpc) is 2.83. The van der Waals surface area contributed by atoms with Crippen LogP contribution in [-0.4, -0.2) is 24.6 Å². The highest BCUT2D eigenvalue weighted by Gasteiger charge is 2.07. The van der Waals surface area contributed by atoms with Crippen molar-refractivity contribution in [2.75, 3.05) is 7.11 Å². The first-order chi connectivity index (χ1) is 15.5. The Kier molecular flexibility index (Phi) is 8.15. The topological polar surface area (TPSA) is 79.8 Å². The number of nitrogens with zero attached hydrogens (tertiary/aromatic N) is 1. The van der Waals surface area contributed by atoms with Gasteiger partial charge in [0.15, 0.2) is 0 Å². The normalized spacial score (nSPS) is 11.0. The third-order valence-electron chi connectivity index (χ3n) is 4.86. The van der Waals surface area contributed by atoms with Crippen molar-refractivity contribution in [1.82, 2.24) is 10.7 Å². The Morgan fingerprint density at radius 3 is 2.09 bits per heavy atom. The molecule has 0 radical (unpaired) electrons. The minimum atomic E-state index is -0.226. The molecule has 32 heavy (non-hydrogen) atoms. The largest absolute Gasteiger partial charge is 0.497 e. The molecule has 0 saturated carbocycles. The standard InChI is InChI=1S/C26H27N3O3/c1-19(16-25(30)27-18-21-10-14-24(32-2)15-11-21)28-29-26(31)17-20-8-12-23(13-9-20)22-6-4-3-5-7-22/h3-15H,16-18H2,1-2H3,(H,27,30)(H,29,31). The van der Waals surface area contributed by atoms with E-state index in [0.29, 0.717) is 12.3 Å². The zero-order valence-corrected chi connectivity index (χ0v) is 18.3. The molecule has 0 fully saturated rings. The molecule has 0 saturated heterocycles. The predicted octanol–water partition coefficient (Wildman–Crippen LogP) is 4.10. The Morgan fingerprint density at radius 2 is 1.44 bits per heavy atom. The van der Waals surface area contributed by atoms with Crippen molar-refractivity contribution < 1.29 is 14.3 Å². The van der Waals surface area contributed by atoms with Crippen molar-refractivity contribution in [1.29, 1.82) is 0 Å². The van der Waals surface area contributed by atoms with Gasteiger partial charge in [0.05, 0.1) is 20.0 Å². The van der Waals surface area contributed by atoms with E-state index in [9.17, 15) is 9.59 Å². The maximum Gasteiger partial charge on any atom is 0.244 e. The summed E-state index contributed by atoms with van der Waals surface area (Å²) in [5.41, 5.74) is 7.16. The molecule has 6 nitrogen and oxygen atoms in total. The molecule has 3 aromatic carbocycles. The van der Waals surface area contributed by atoms with Crippen LogP contribution in [0.2, 0.25) is 0 Å². The van der Waals surface area contributed by atoms with E-state index >= 15 is 0 Å². The van der Waals surface area contributed by atoms with Gasteiger partial charge >= 0.3 is 0 Å². The summed E-state index contributed by atoms with van der Waals surface area (Å²) >= 11 is 0. The van der Waals surface area contributed by atoms with E-state index in [-0.39, 0.29) is 24.7 Å². The molecule has 2 amide bonds. The van der Waals surface area contributed by atoms with E-state index in [0.717, 1.165) is 28.0 Å². The predicted molar refractivity (Wildman–Crippen MR) is 126 cm³/mol. The number of carbonyl (C=O) groups excluding carboxylic acids is 2. The van der Waals surface area contributed by atoms with Gasteiger partial charge in [-0.2, -0.15) is 5.10 Å². The number of ether oxygens (including phenoxy) is 1. The van der Waals surface area contributed by atoms with Gasteiger partial charge in [-0.3, -0.25) is 9.59 Å². The Labute approximate surface area is 188 Å². The van der Waals surface area contributed by atoms with Gasteiger partial charge in [-0.25, -0.2) is 5.43 Å². The average molecular weight is 430 g/mol. The van der Waals surface area contributed by atoms with Crippen LogP contribution in [0.5, 0.6) is 5.75 Å². The summed E-state index contributed by atoms with van der Waals surface area (Å²) in [6.45, 7) is 2.13. The molecular weight excluding hydrogens is 402 g/mol. The first-order valence-electron chi connectivity index (χ1n) is 10.4. The molecule has 3 aromatic rings. The Morgan fingerprint density at radius 1 is 0.812 bits per heavy atom. The lowest BCUT2D eigenvalue weighted by Crippen LogP contribution is -2.26. The van der Waals surface area contributed by atoms with Crippen LogP contribution < -0.4 is 15.5 Å². The first kappa shape index (κ1) is 22.7. The lowest BCUT2D eigenvalue weighted by Gasteiger charge is -2.07. The van der Waals surface area contributed by atoms with Crippen molar-refractivity contribution in [3.63, 3.8) is 0 Å². The van der Waals surface area contributed by atoms with Crippen LogP contribution in [0, 0.1) is 0 Å². The number of nitrogens with one attached hydrogen (secondary N) is 2. The van der Waals surface area contributed by atoms with Crippen molar-refractivity contribution in [2.45, 2.75) is 26.3 Å². The zero-order valence-electron chi connectivity index (χ0n) is 18.3. The van der Waals surface area contributed by atoms with E-state index in [1.54, 1.807) is 14.0 Å². The molecule has 0 unspecified atom stereocenters. The minimum Gasteiger partial charge on any atom is -0.497 e. The molecule has 0 aliphatic carbocycles. The van der Waals surface area contributed by atoms with Crippen LogP contribution in [0.15, 0.2) is 84.0 Å². The van der Waals surface area contributed by atoms with Crippen LogP contribution in [0.3, 0.4) is 0 Å². The van der Waals surface area contributed by atoms with Gasteiger partial charge in [0.25, 0.3) is 0 Å². The fourth-order valence-electron chi connectivity index (χ4n) is 3.11. The summed E-state index contributed by atoms with van der Waals surface area (Å²) in [7, 11) is 1.61. The fraction of sp³-hybridized carbons (Fsp3) is 0.192. The summed E-state index contributed by atoms with van der Waals surface area (Å²) in [4.78, 5) is 24.3. The number of amides is 2. The van der Waals surface area contributed by atoms with Crippen molar-refractivity contribution >= 4 is 17.5 Å². The number of hydrogen-bond donors (Lipinski definition) is 2. The highest BCUT2D eigenvalue weighted by atomic mass is 16.5.